The number of nitrogens with two attached hydrogens (primary N) is 1. The smallest absolute Gasteiger partial charge is 0.455 e. The summed E-state index contributed by atoms with van der Waals surface area (Å²) < 4.78 is 62.4. The van der Waals surface area contributed by atoms with Crippen LogP contribution in [0.4, 0.5) is 22.0 Å². The van der Waals surface area contributed by atoms with Gasteiger partial charge in [0.15, 0.2) is 0 Å². The summed E-state index contributed by atoms with van der Waals surface area (Å²) in [6.07, 6.45) is -5.78. The van der Waals surface area contributed by atoms with Gasteiger partial charge in [-0.2, -0.15) is 22.0 Å². The highest BCUT2D eigenvalue weighted by Crippen LogP contribution is 2.45. The molecule has 0 saturated carbocycles. The van der Waals surface area contributed by atoms with E-state index in [9.17, 15) is 27.1 Å². The van der Waals surface area contributed by atoms with Crippen LogP contribution in [-0.2, 0) is 0 Å². The third-order valence-electron chi connectivity index (χ3n) is 2.09. The molecule has 0 saturated heterocycles. The van der Waals surface area contributed by atoms with Gasteiger partial charge in [-0.25, -0.2) is 0 Å². The lowest BCUT2D eigenvalue weighted by Crippen LogP contribution is -2.45. The van der Waals surface area contributed by atoms with Crippen molar-refractivity contribution in [3.05, 3.63) is 28.2 Å². The third kappa shape index (κ3) is 2.68. The summed E-state index contributed by atoms with van der Waals surface area (Å²) in [6, 6.07) is 0.517. The van der Waals surface area contributed by atoms with E-state index >= 15 is 0 Å². The first-order valence-corrected chi connectivity index (χ1v) is 5.05. The predicted octanol–water partition coefficient (Wildman–Crippen LogP) is 3.35. The zero-order chi connectivity index (χ0) is 13.4. The Bertz CT molecular complexity index is 420. The molecular weight excluding hydrogens is 313 g/mol. The number of alkyl halides is 5. The van der Waals surface area contributed by atoms with Crippen LogP contribution in [0.3, 0.4) is 0 Å². The van der Waals surface area contributed by atoms with Gasteiger partial charge in [-0.15, -0.1) is 0 Å². The number of phenols is 1. The van der Waals surface area contributed by atoms with Crippen LogP contribution in [0.2, 0.25) is 0 Å². The first kappa shape index (κ1) is 14.2. The van der Waals surface area contributed by atoms with Crippen LogP contribution in [0.15, 0.2) is 22.7 Å². The van der Waals surface area contributed by atoms with Crippen molar-refractivity contribution in [2.45, 2.75) is 18.1 Å². The minimum absolute atomic E-state index is 0.235. The fourth-order valence-electron chi connectivity index (χ4n) is 1.15. The van der Waals surface area contributed by atoms with Gasteiger partial charge in [0.05, 0.1) is 0 Å². The fraction of sp³-hybridized carbons (Fsp3) is 0.333. The van der Waals surface area contributed by atoms with Crippen molar-refractivity contribution < 1.29 is 27.1 Å². The molecule has 8 heteroatoms. The molecule has 1 atom stereocenters. The van der Waals surface area contributed by atoms with Crippen molar-refractivity contribution in [1.82, 2.24) is 0 Å². The van der Waals surface area contributed by atoms with Gasteiger partial charge in [0.25, 0.3) is 0 Å². The number of phenolic OH excluding ortho intramolecular Hbond substituents is 1. The van der Waals surface area contributed by atoms with E-state index in [-0.39, 0.29) is 4.47 Å². The molecule has 1 rings (SSSR count). The maximum absolute atomic E-state index is 12.9. The average molecular weight is 320 g/mol. The molecule has 0 unspecified atom stereocenters. The zero-order valence-electron chi connectivity index (χ0n) is 8.10. The molecule has 0 fully saturated rings. The summed E-state index contributed by atoms with van der Waals surface area (Å²) >= 11 is 2.89. The molecule has 0 heterocycles. The van der Waals surface area contributed by atoms with E-state index in [1.165, 1.54) is 6.07 Å². The molecule has 17 heavy (non-hydrogen) atoms. The molecule has 1 aromatic rings. The Morgan fingerprint density at radius 2 is 1.71 bits per heavy atom. The second kappa shape index (κ2) is 4.41. The van der Waals surface area contributed by atoms with Gasteiger partial charge >= 0.3 is 12.1 Å². The summed E-state index contributed by atoms with van der Waals surface area (Å²) in [5, 5.41) is 9.23. The highest BCUT2D eigenvalue weighted by molar-refractivity contribution is 9.10. The number of rotatable bonds is 2. The molecule has 0 amide bonds. The molecule has 0 aliphatic heterocycles. The molecule has 1 aromatic carbocycles. The summed E-state index contributed by atoms with van der Waals surface area (Å²) in [5.41, 5.74) is 4.20. The molecule has 0 aliphatic carbocycles. The first-order valence-electron chi connectivity index (χ1n) is 4.26. The second-order valence-corrected chi connectivity index (χ2v) is 4.22. The van der Waals surface area contributed by atoms with E-state index in [0.717, 1.165) is 12.1 Å². The first-order chi connectivity index (χ1) is 7.57. The van der Waals surface area contributed by atoms with Crippen molar-refractivity contribution >= 4 is 15.9 Å². The molecular formula is C9H7BrF5NO. The van der Waals surface area contributed by atoms with E-state index in [2.05, 4.69) is 15.9 Å². The maximum atomic E-state index is 12.9. The summed E-state index contributed by atoms with van der Waals surface area (Å²) in [4.78, 5) is 0. The quantitative estimate of drug-likeness (QED) is 0.821. The van der Waals surface area contributed by atoms with E-state index in [4.69, 9.17) is 5.73 Å². The topological polar surface area (TPSA) is 46.2 Å². The molecule has 0 radical (unpaired) electrons. The Labute approximate surface area is 101 Å². The third-order valence-corrected chi connectivity index (χ3v) is 2.59. The van der Waals surface area contributed by atoms with Gasteiger partial charge in [-0.05, 0) is 18.2 Å². The lowest BCUT2D eigenvalue weighted by Gasteiger charge is -2.26. The Kier molecular flexibility index (Phi) is 3.68. The van der Waals surface area contributed by atoms with Crippen molar-refractivity contribution in [2.75, 3.05) is 0 Å². The summed E-state index contributed by atoms with van der Waals surface area (Å²) in [5.74, 6) is -5.84. The highest BCUT2D eigenvalue weighted by Gasteiger charge is 2.62. The van der Waals surface area contributed by atoms with E-state index in [0.29, 0.717) is 0 Å². The van der Waals surface area contributed by atoms with Crippen LogP contribution < -0.4 is 5.73 Å². The van der Waals surface area contributed by atoms with Gasteiger partial charge in [-0.3, -0.25) is 0 Å². The van der Waals surface area contributed by atoms with E-state index < -0.39 is 29.5 Å². The monoisotopic (exact) mass is 319 g/mol. The van der Waals surface area contributed by atoms with Crippen LogP contribution >= 0.6 is 15.9 Å². The fourth-order valence-corrected chi connectivity index (χ4v) is 1.52. The Morgan fingerprint density at radius 1 is 1.18 bits per heavy atom. The molecule has 96 valence electrons. The molecule has 2 nitrogen and oxygen atoms in total. The van der Waals surface area contributed by atoms with Crippen LogP contribution in [0.25, 0.3) is 0 Å². The van der Waals surface area contributed by atoms with Crippen molar-refractivity contribution in [2.24, 2.45) is 5.73 Å². The van der Waals surface area contributed by atoms with Gasteiger partial charge in [0, 0.05) is 10.0 Å². The normalized spacial score (nSPS) is 14.8. The van der Waals surface area contributed by atoms with Crippen LogP contribution in [0.5, 0.6) is 5.75 Å². The Hall–Kier alpha value is -0.890. The number of hydrogen-bond donors (Lipinski definition) is 2. The number of halogens is 6. The van der Waals surface area contributed by atoms with E-state index in [1.54, 1.807) is 0 Å². The minimum Gasteiger partial charge on any atom is -0.508 e. The average Bonchev–Trinajstić information content (AvgIpc) is 2.19. The maximum Gasteiger partial charge on any atom is 0.455 e. The van der Waals surface area contributed by atoms with Crippen molar-refractivity contribution in [1.29, 1.82) is 0 Å². The summed E-state index contributed by atoms with van der Waals surface area (Å²) in [6.45, 7) is 0. The number of aromatic hydroxyl groups is 1. The van der Waals surface area contributed by atoms with Crippen molar-refractivity contribution in [3.8, 4) is 5.75 Å². The van der Waals surface area contributed by atoms with Crippen molar-refractivity contribution in [3.63, 3.8) is 0 Å². The molecule has 3 N–H and O–H groups in total. The molecule has 0 aromatic heterocycles. The Morgan fingerprint density at radius 3 is 2.18 bits per heavy atom. The number of benzene rings is 1. The second-order valence-electron chi connectivity index (χ2n) is 3.30. The lowest BCUT2D eigenvalue weighted by molar-refractivity contribution is -0.291. The van der Waals surface area contributed by atoms with Crippen LogP contribution in [0, 0.1) is 0 Å². The van der Waals surface area contributed by atoms with E-state index in [1.807, 2.05) is 0 Å². The number of hydrogen-bond acceptors (Lipinski definition) is 2. The van der Waals surface area contributed by atoms with Crippen LogP contribution in [-0.4, -0.2) is 17.2 Å². The molecule has 0 bridgehead atoms. The molecule has 0 spiro atoms. The highest BCUT2D eigenvalue weighted by atomic mass is 79.9. The van der Waals surface area contributed by atoms with Gasteiger partial charge < -0.3 is 10.8 Å². The minimum atomic E-state index is -5.78. The SMILES string of the molecule is N[C@H](c1cc(Br)ccc1O)C(F)(F)C(F)(F)F. The standard InChI is InChI=1S/C9H7BrF5NO/c10-4-1-2-6(17)5(3-4)7(16)8(11,12)9(13,14)15/h1-3,7,17H,16H2/t7-/m1/s1. The van der Waals surface area contributed by atoms with Crippen LogP contribution in [0.1, 0.15) is 11.6 Å². The van der Waals surface area contributed by atoms with Gasteiger partial charge in [0.2, 0.25) is 0 Å². The summed E-state index contributed by atoms with van der Waals surface area (Å²) in [7, 11) is 0. The van der Waals surface area contributed by atoms with Gasteiger partial charge in [0.1, 0.15) is 11.8 Å². The lowest BCUT2D eigenvalue weighted by atomic mass is 10.00. The predicted molar refractivity (Wildman–Crippen MR) is 53.7 cm³/mol. The van der Waals surface area contributed by atoms with Gasteiger partial charge in [-0.1, -0.05) is 15.9 Å². The molecule has 0 aliphatic rings. The Balaban J connectivity index is 3.21. The zero-order valence-corrected chi connectivity index (χ0v) is 9.69. The largest absolute Gasteiger partial charge is 0.508 e.